The van der Waals surface area contributed by atoms with Gasteiger partial charge in [-0.3, -0.25) is 0 Å². The van der Waals surface area contributed by atoms with Gasteiger partial charge in [0.2, 0.25) is 0 Å². The number of hydrogen-bond acceptors (Lipinski definition) is 1. The molecule has 0 aromatic heterocycles. The van der Waals surface area contributed by atoms with Crippen molar-refractivity contribution < 1.29 is 0 Å². The van der Waals surface area contributed by atoms with Crippen molar-refractivity contribution in [3.63, 3.8) is 0 Å². The quantitative estimate of drug-likeness (QED) is 0.199. The maximum atomic E-state index is 2.33. The van der Waals surface area contributed by atoms with Crippen molar-refractivity contribution in [2.75, 3.05) is 4.90 Å². The number of benzene rings is 5. The van der Waals surface area contributed by atoms with Crippen LogP contribution in [0.5, 0.6) is 0 Å². The summed E-state index contributed by atoms with van der Waals surface area (Å²) in [5.41, 5.74) is 13.3. The van der Waals surface area contributed by atoms with E-state index in [0.717, 1.165) is 17.1 Å². The van der Waals surface area contributed by atoms with Crippen LogP contribution < -0.4 is 4.90 Å². The second-order valence-corrected chi connectivity index (χ2v) is 10.3. The van der Waals surface area contributed by atoms with E-state index >= 15 is 0 Å². The van der Waals surface area contributed by atoms with E-state index in [0.29, 0.717) is 0 Å². The maximum Gasteiger partial charge on any atom is 0.0464 e. The molecule has 0 N–H and O–H groups in total. The molecule has 5 aromatic rings. The predicted molar refractivity (Wildman–Crippen MR) is 171 cm³/mol. The van der Waals surface area contributed by atoms with Crippen LogP contribution in [0.3, 0.4) is 0 Å². The lowest BCUT2D eigenvalue weighted by Gasteiger charge is -2.26. The summed E-state index contributed by atoms with van der Waals surface area (Å²) in [6.07, 6.45) is 8.67. The minimum absolute atomic E-state index is 1.13. The molecule has 0 bridgehead atoms. The third kappa shape index (κ3) is 6.64. The Bertz CT molecular complexity index is 1490. The van der Waals surface area contributed by atoms with Gasteiger partial charge in [0.25, 0.3) is 0 Å². The van der Waals surface area contributed by atoms with E-state index in [2.05, 4.69) is 172 Å². The first-order valence-electron chi connectivity index (χ1n) is 13.5. The van der Waals surface area contributed by atoms with Crippen molar-refractivity contribution >= 4 is 41.4 Å². The molecule has 39 heavy (non-hydrogen) atoms. The molecule has 0 saturated carbocycles. The van der Waals surface area contributed by atoms with E-state index < -0.39 is 0 Å². The Morgan fingerprint density at radius 3 is 1.05 bits per heavy atom. The van der Waals surface area contributed by atoms with E-state index in [1.165, 1.54) is 44.5 Å². The largest absolute Gasteiger partial charge is 0.310 e. The van der Waals surface area contributed by atoms with Gasteiger partial charge in [-0.15, -0.1) is 0 Å². The average Bonchev–Trinajstić information content (AvgIpc) is 2.96. The van der Waals surface area contributed by atoms with E-state index in [-0.39, 0.29) is 0 Å². The van der Waals surface area contributed by atoms with Crippen LogP contribution in [0.1, 0.15) is 44.5 Å². The van der Waals surface area contributed by atoms with Gasteiger partial charge >= 0.3 is 0 Å². The predicted octanol–water partition coefficient (Wildman–Crippen LogP) is 10.7. The molecule has 0 atom stereocenters. The summed E-state index contributed by atoms with van der Waals surface area (Å²) >= 11 is 0. The molecular formula is C38H35N. The Labute approximate surface area is 233 Å². The Hall–Kier alpha value is -4.62. The Balaban J connectivity index is 1.42. The summed E-state index contributed by atoms with van der Waals surface area (Å²) < 4.78 is 0. The van der Waals surface area contributed by atoms with Crippen LogP contribution in [0.15, 0.2) is 115 Å². The lowest BCUT2D eigenvalue weighted by molar-refractivity contribution is 1.25. The van der Waals surface area contributed by atoms with Crippen molar-refractivity contribution in [1.82, 2.24) is 0 Å². The molecule has 0 radical (unpaired) electrons. The highest BCUT2D eigenvalue weighted by Crippen LogP contribution is 2.36. The molecule has 0 fully saturated rings. The minimum atomic E-state index is 1.13. The minimum Gasteiger partial charge on any atom is -0.310 e. The van der Waals surface area contributed by atoms with Gasteiger partial charge in [-0.05, 0) is 97.5 Å². The number of aryl methyl sites for hydroxylation is 4. The van der Waals surface area contributed by atoms with Crippen molar-refractivity contribution in [3.8, 4) is 0 Å². The smallest absolute Gasteiger partial charge is 0.0464 e. The lowest BCUT2D eigenvalue weighted by atomic mass is 10.1. The SMILES string of the molecule is Cc1ccc(/C=C\c2ccc(N(c3ccc(/C=C/c4ccc(C)cc4)cc3)c3ccc(C)c(C)c3)cc2)cc1. The highest BCUT2D eigenvalue weighted by Gasteiger charge is 2.13. The molecule has 1 heteroatoms. The lowest BCUT2D eigenvalue weighted by Crippen LogP contribution is -2.10. The topological polar surface area (TPSA) is 3.24 Å². The normalized spacial score (nSPS) is 11.4. The summed E-state index contributed by atoms with van der Waals surface area (Å²) in [5.74, 6) is 0. The van der Waals surface area contributed by atoms with E-state index in [9.17, 15) is 0 Å². The first kappa shape index (κ1) is 26.0. The highest BCUT2D eigenvalue weighted by atomic mass is 15.1. The van der Waals surface area contributed by atoms with Crippen LogP contribution in [-0.2, 0) is 0 Å². The zero-order valence-electron chi connectivity index (χ0n) is 23.2. The zero-order valence-corrected chi connectivity index (χ0v) is 23.2. The van der Waals surface area contributed by atoms with Crippen LogP contribution >= 0.6 is 0 Å². The van der Waals surface area contributed by atoms with Crippen molar-refractivity contribution in [1.29, 1.82) is 0 Å². The third-order valence-corrected chi connectivity index (χ3v) is 7.14. The van der Waals surface area contributed by atoms with Crippen LogP contribution in [0, 0.1) is 27.7 Å². The monoisotopic (exact) mass is 505 g/mol. The van der Waals surface area contributed by atoms with Crippen molar-refractivity contribution in [3.05, 3.63) is 160 Å². The fraction of sp³-hybridized carbons (Fsp3) is 0.105. The summed E-state index contributed by atoms with van der Waals surface area (Å²) in [6.45, 7) is 8.56. The zero-order chi connectivity index (χ0) is 27.2. The van der Waals surface area contributed by atoms with Gasteiger partial charge in [-0.2, -0.15) is 0 Å². The molecule has 0 aliphatic heterocycles. The standard InChI is InChI=1S/C38H35N/c1-28-5-10-32(11-6-28)14-16-34-18-23-36(24-19-34)39(38-22-9-30(3)31(4)27-38)37-25-20-35(21-26-37)17-15-33-12-7-29(2)8-13-33/h5-27H,1-4H3/b16-14-,17-15+. The molecule has 0 spiro atoms. The summed E-state index contributed by atoms with van der Waals surface area (Å²) in [5, 5.41) is 0. The van der Waals surface area contributed by atoms with Crippen LogP contribution in [-0.4, -0.2) is 0 Å². The second-order valence-electron chi connectivity index (χ2n) is 10.3. The molecule has 5 rings (SSSR count). The molecule has 5 aromatic carbocycles. The van der Waals surface area contributed by atoms with Crippen LogP contribution in [0.4, 0.5) is 17.1 Å². The van der Waals surface area contributed by atoms with Crippen LogP contribution in [0.25, 0.3) is 24.3 Å². The molecule has 0 heterocycles. The molecule has 0 amide bonds. The first-order valence-corrected chi connectivity index (χ1v) is 13.5. The van der Waals surface area contributed by atoms with Gasteiger partial charge in [-0.1, -0.05) is 114 Å². The Kier molecular flexibility index (Phi) is 7.89. The first-order chi connectivity index (χ1) is 18.9. The molecule has 192 valence electrons. The molecule has 0 saturated heterocycles. The summed E-state index contributed by atoms with van der Waals surface area (Å²) in [7, 11) is 0. The van der Waals surface area contributed by atoms with Crippen molar-refractivity contribution in [2.45, 2.75) is 27.7 Å². The second kappa shape index (κ2) is 11.8. The Morgan fingerprint density at radius 1 is 0.359 bits per heavy atom. The Morgan fingerprint density at radius 2 is 0.692 bits per heavy atom. The molecule has 1 nitrogen and oxygen atoms in total. The molecule has 0 unspecified atom stereocenters. The molecular weight excluding hydrogens is 470 g/mol. The molecule has 0 aliphatic carbocycles. The fourth-order valence-electron chi connectivity index (χ4n) is 4.52. The van der Waals surface area contributed by atoms with Gasteiger partial charge in [-0.25, -0.2) is 0 Å². The average molecular weight is 506 g/mol. The number of nitrogens with zero attached hydrogens (tertiary/aromatic N) is 1. The number of anilines is 3. The van der Waals surface area contributed by atoms with Gasteiger partial charge in [0.05, 0.1) is 0 Å². The maximum absolute atomic E-state index is 2.33. The van der Waals surface area contributed by atoms with E-state index in [4.69, 9.17) is 0 Å². The van der Waals surface area contributed by atoms with Gasteiger partial charge in [0, 0.05) is 17.1 Å². The number of hydrogen-bond donors (Lipinski definition) is 0. The van der Waals surface area contributed by atoms with Gasteiger partial charge in [0.15, 0.2) is 0 Å². The fourth-order valence-corrected chi connectivity index (χ4v) is 4.52. The molecule has 0 aliphatic rings. The van der Waals surface area contributed by atoms with Crippen molar-refractivity contribution in [2.24, 2.45) is 0 Å². The van der Waals surface area contributed by atoms with E-state index in [1.807, 2.05) is 0 Å². The van der Waals surface area contributed by atoms with Gasteiger partial charge < -0.3 is 4.90 Å². The third-order valence-electron chi connectivity index (χ3n) is 7.14. The summed E-state index contributed by atoms with van der Waals surface area (Å²) in [4.78, 5) is 2.33. The summed E-state index contributed by atoms with van der Waals surface area (Å²) in [6, 6.07) is 41.4. The van der Waals surface area contributed by atoms with Gasteiger partial charge in [0.1, 0.15) is 0 Å². The van der Waals surface area contributed by atoms with Crippen LogP contribution in [0.2, 0.25) is 0 Å². The number of rotatable bonds is 7. The van der Waals surface area contributed by atoms with E-state index in [1.54, 1.807) is 0 Å². The highest BCUT2D eigenvalue weighted by molar-refractivity contribution is 5.80.